The van der Waals surface area contributed by atoms with Gasteiger partial charge < -0.3 is 9.73 Å². The molecule has 0 saturated carbocycles. The smallest absolute Gasteiger partial charge is 0.250 e. The third-order valence-corrected chi connectivity index (χ3v) is 3.36. The van der Waals surface area contributed by atoms with Crippen molar-refractivity contribution in [2.45, 2.75) is 13.3 Å². The number of nitrogens with zero attached hydrogens (tertiary/aromatic N) is 2. The van der Waals surface area contributed by atoms with Crippen molar-refractivity contribution in [1.82, 2.24) is 15.5 Å². The standard InChI is InChI=1S/C12H12N4O2S2/c1-2-10-15-16-12(20-10)14-11(19)13-9(17)6-5-8-4-3-7-18-8/h3-7H,2H2,1H3,(H2,13,14,16,17,19)/b6-5+. The molecule has 0 aliphatic rings. The number of hydrogen-bond donors (Lipinski definition) is 2. The highest BCUT2D eigenvalue weighted by Gasteiger charge is 2.06. The number of aryl methyl sites for hydroxylation is 1. The van der Waals surface area contributed by atoms with Crippen LogP contribution in [0.3, 0.4) is 0 Å². The highest BCUT2D eigenvalue weighted by molar-refractivity contribution is 7.80. The minimum absolute atomic E-state index is 0.179. The lowest BCUT2D eigenvalue weighted by atomic mass is 10.4. The molecule has 0 fully saturated rings. The Balaban J connectivity index is 1.83. The summed E-state index contributed by atoms with van der Waals surface area (Å²) in [4.78, 5) is 11.6. The second-order valence-electron chi connectivity index (χ2n) is 3.65. The van der Waals surface area contributed by atoms with Gasteiger partial charge in [0, 0.05) is 6.08 Å². The van der Waals surface area contributed by atoms with Crippen LogP contribution in [-0.2, 0) is 11.2 Å². The van der Waals surface area contributed by atoms with Gasteiger partial charge in [0.05, 0.1) is 6.26 Å². The Kier molecular flexibility index (Phi) is 4.97. The fraction of sp³-hybridized carbons (Fsp3) is 0.167. The first-order valence-corrected chi connectivity index (χ1v) is 7.05. The lowest BCUT2D eigenvalue weighted by Gasteiger charge is -2.03. The third kappa shape index (κ3) is 4.25. The first-order chi connectivity index (χ1) is 9.67. The van der Waals surface area contributed by atoms with E-state index in [4.69, 9.17) is 16.6 Å². The minimum Gasteiger partial charge on any atom is -0.465 e. The fourth-order valence-electron chi connectivity index (χ4n) is 1.27. The predicted molar refractivity (Wildman–Crippen MR) is 81.4 cm³/mol. The van der Waals surface area contributed by atoms with E-state index >= 15 is 0 Å². The number of aromatic nitrogens is 2. The maximum atomic E-state index is 11.6. The van der Waals surface area contributed by atoms with Crippen molar-refractivity contribution in [2.75, 3.05) is 5.32 Å². The molecule has 0 aliphatic carbocycles. The second kappa shape index (κ2) is 6.92. The molecule has 6 nitrogen and oxygen atoms in total. The molecule has 0 aliphatic heterocycles. The van der Waals surface area contributed by atoms with E-state index in [0.29, 0.717) is 10.9 Å². The predicted octanol–water partition coefficient (Wildman–Crippen LogP) is 2.22. The number of amides is 1. The molecule has 0 unspecified atom stereocenters. The molecule has 2 aromatic rings. The number of thiocarbonyl (C=S) groups is 1. The fourth-order valence-corrected chi connectivity index (χ4v) is 2.22. The van der Waals surface area contributed by atoms with Gasteiger partial charge in [0.2, 0.25) is 11.0 Å². The largest absolute Gasteiger partial charge is 0.465 e. The van der Waals surface area contributed by atoms with Gasteiger partial charge in [-0.1, -0.05) is 18.3 Å². The van der Waals surface area contributed by atoms with Crippen LogP contribution < -0.4 is 10.6 Å². The van der Waals surface area contributed by atoms with Crippen molar-refractivity contribution >= 4 is 45.8 Å². The number of furan rings is 1. The quantitative estimate of drug-likeness (QED) is 0.666. The summed E-state index contributed by atoms with van der Waals surface area (Å²) >= 11 is 6.41. The lowest BCUT2D eigenvalue weighted by Crippen LogP contribution is -2.32. The van der Waals surface area contributed by atoms with Crippen LogP contribution in [0.25, 0.3) is 6.08 Å². The summed E-state index contributed by atoms with van der Waals surface area (Å²) in [5.41, 5.74) is 0. The van der Waals surface area contributed by atoms with Crippen LogP contribution in [0.5, 0.6) is 0 Å². The van der Waals surface area contributed by atoms with Crippen molar-refractivity contribution in [1.29, 1.82) is 0 Å². The first kappa shape index (κ1) is 14.4. The van der Waals surface area contributed by atoms with Crippen LogP contribution >= 0.6 is 23.6 Å². The molecule has 2 rings (SSSR count). The van der Waals surface area contributed by atoms with E-state index in [9.17, 15) is 4.79 Å². The molecule has 0 radical (unpaired) electrons. The van der Waals surface area contributed by atoms with E-state index in [1.54, 1.807) is 18.2 Å². The van der Waals surface area contributed by atoms with E-state index in [1.165, 1.54) is 23.7 Å². The maximum Gasteiger partial charge on any atom is 0.250 e. The molecular formula is C12H12N4O2S2. The van der Waals surface area contributed by atoms with Gasteiger partial charge in [0.25, 0.3) is 0 Å². The number of anilines is 1. The van der Waals surface area contributed by atoms with Crippen LogP contribution in [0.2, 0.25) is 0 Å². The molecular weight excluding hydrogens is 296 g/mol. The van der Waals surface area contributed by atoms with Gasteiger partial charge in [-0.2, -0.15) is 0 Å². The SMILES string of the molecule is CCc1nnc(NC(=S)NC(=O)/C=C/c2ccco2)s1. The Morgan fingerprint density at radius 3 is 3.05 bits per heavy atom. The van der Waals surface area contributed by atoms with E-state index in [2.05, 4.69) is 20.8 Å². The van der Waals surface area contributed by atoms with Crippen LogP contribution in [0.1, 0.15) is 17.7 Å². The second-order valence-corrected chi connectivity index (χ2v) is 5.12. The van der Waals surface area contributed by atoms with Gasteiger partial charge in [0.1, 0.15) is 10.8 Å². The topological polar surface area (TPSA) is 80.0 Å². The van der Waals surface area contributed by atoms with Crippen molar-refractivity contribution < 1.29 is 9.21 Å². The Bertz CT molecular complexity index is 619. The Morgan fingerprint density at radius 1 is 1.55 bits per heavy atom. The van der Waals surface area contributed by atoms with E-state index < -0.39 is 0 Å². The number of carbonyl (C=O) groups excluding carboxylic acids is 1. The summed E-state index contributed by atoms with van der Waals surface area (Å²) in [7, 11) is 0. The zero-order valence-corrected chi connectivity index (χ0v) is 12.3. The van der Waals surface area contributed by atoms with Gasteiger partial charge in [-0.05, 0) is 36.8 Å². The van der Waals surface area contributed by atoms with Gasteiger partial charge in [0.15, 0.2) is 5.11 Å². The lowest BCUT2D eigenvalue weighted by molar-refractivity contribution is -0.115. The summed E-state index contributed by atoms with van der Waals surface area (Å²) in [5, 5.41) is 14.8. The molecule has 0 spiro atoms. The third-order valence-electron chi connectivity index (χ3n) is 2.17. The Morgan fingerprint density at radius 2 is 2.40 bits per heavy atom. The van der Waals surface area contributed by atoms with E-state index in [0.717, 1.165) is 11.4 Å². The van der Waals surface area contributed by atoms with Crippen LogP contribution in [-0.4, -0.2) is 21.2 Å². The average Bonchev–Trinajstić information content (AvgIpc) is 3.06. The maximum absolute atomic E-state index is 11.6. The van der Waals surface area contributed by atoms with Gasteiger partial charge in [-0.25, -0.2) is 0 Å². The highest BCUT2D eigenvalue weighted by Crippen LogP contribution is 2.14. The first-order valence-electron chi connectivity index (χ1n) is 5.83. The zero-order chi connectivity index (χ0) is 14.4. The highest BCUT2D eigenvalue weighted by atomic mass is 32.1. The average molecular weight is 308 g/mol. The molecule has 0 bridgehead atoms. The molecule has 8 heteroatoms. The number of carbonyl (C=O) groups is 1. The minimum atomic E-state index is -0.348. The molecule has 2 N–H and O–H groups in total. The summed E-state index contributed by atoms with van der Waals surface area (Å²) in [6, 6.07) is 3.48. The number of rotatable bonds is 4. The van der Waals surface area contributed by atoms with E-state index in [-0.39, 0.29) is 11.0 Å². The van der Waals surface area contributed by atoms with E-state index in [1.807, 2.05) is 6.92 Å². The van der Waals surface area contributed by atoms with Crippen molar-refractivity contribution in [3.63, 3.8) is 0 Å². The molecule has 0 aromatic carbocycles. The zero-order valence-electron chi connectivity index (χ0n) is 10.6. The molecule has 1 amide bonds. The van der Waals surface area contributed by atoms with Crippen molar-refractivity contribution in [3.05, 3.63) is 35.2 Å². The molecule has 2 aromatic heterocycles. The number of hydrogen-bond acceptors (Lipinski definition) is 6. The monoisotopic (exact) mass is 308 g/mol. The van der Waals surface area contributed by atoms with Gasteiger partial charge >= 0.3 is 0 Å². The van der Waals surface area contributed by atoms with Gasteiger partial charge in [-0.3, -0.25) is 10.1 Å². The molecule has 2 heterocycles. The normalized spacial score (nSPS) is 10.7. The van der Waals surface area contributed by atoms with Crippen LogP contribution in [0, 0.1) is 0 Å². The summed E-state index contributed by atoms with van der Waals surface area (Å²) < 4.78 is 5.07. The number of nitrogens with one attached hydrogen (secondary N) is 2. The molecule has 0 saturated heterocycles. The van der Waals surface area contributed by atoms with Crippen LogP contribution in [0.4, 0.5) is 5.13 Å². The summed E-state index contributed by atoms with van der Waals surface area (Å²) in [6.07, 6.45) is 5.23. The molecule has 0 atom stereocenters. The summed E-state index contributed by atoms with van der Waals surface area (Å²) in [6.45, 7) is 1.99. The molecule has 104 valence electrons. The summed E-state index contributed by atoms with van der Waals surface area (Å²) in [5.74, 6) is 0.245. The van der Waals surface area contributed by atoms with Gasteiger partial charge in [-0.15, -0.1) is 10.2 Å². The molecule has 20 heavy (non-hydrogen) atoms. The van der Waals surface area contributed by atoms with Crippen molar-refractivity contribution in [2.24, 2.45) is 0 Å². The van der Waals surface area contributed by atoms with Crippen molar-refractivity contribution in [3.8, 4) is 0 Å². The Hall–Kier alpha value is -2.06. The Labute approximate surface area is 124 Å². The van der Waals surface area contributed by atoms with Crippen LogP contribution in [0.15, 0.2) is 28.9 Å².